The first-order valence-electron chi connectivity index (χ1n) is 5.29. The number of anilines is 2. The van der Waals surface area contributed by atoms with E-state index >= 15 is 0 Å². The topological polar surface area (TPSA) is 85.1 Å². The van der Waals surface area contributed by atoms with Gasteiger partial charge in [0.25, 0.3) is 10.0 Å². The summed E-state index contributed by atoms with van der Waals surface area (Å²) in [5.74, 6) is 0. The van der Waals surface area contributed by atoms with Crippen LogP contribution in [-0.4, -0.2) is 13.4 Å². The number of nitrogens with one attached hydrogen (secondary N) is 1. The quantitative estimate of drug-likeness (QED) is 0.883. The molecule has 94 valence electrons. The maximum absolute atomic E-state index is 12.1. The number of hydrogen-bond acceptors (Lipinski definition) is 4. The highest BCUT2D eigenvalue weighted by Gasteiger charge is 2.19. The van der Waals surface area contributed by atoms with E-state index in [1.807, 2.05) is 19.1 Å². The zero-order valence-corrected chi connectivity index (χ0v) is 10.6. The van der Waals surface area contributed by atoms with Crippen LogP contribution in [0.2, 0.25) is 0 Å². The van der Waals surface area contributed by atoms with Gasteiger partial charge in [-0.15, -0.1) is 0 Å². The summed E-state index contributed by atoms with van der Waals surface area (Å²) in [5, 5.41) is -0.159. The summed E-state index contributed by atoms with van der Waals surface area (Å²) in [5.41, 5.74) is 7.09. The van der Waals surface area contributed by atoms with Crippen molar-refractivity contribution < 1.29 is 8.42 Å². The summed E-state index contributed by atoms with van der Waals surface area (Å²) in [6.07, 6.45) is 1.39. The molecule has 5 nitrogen and oxygen atoms in total. The Morgan fingerprint density at radius 1 is 1.17 bits per heavy atom. The molecule has 0 amide bonds. The summed E-state index contributed by atoms with van der Waals surface area (Å²) in [6, 6.07) is 10.2. The van der Waals surface area contributed by atoms with Crippen LogP contribution < -0.4 is 10.5 Å². The van der Waals surface area contributed by atoms with Gasteiger partial charge in [-0.25, -0.2) is 4.98 Å². The van der Waals surface area contributed by atoms with E-state index in [2.05, 4.69) is 9.71 Å². The zero-order valence-electron chi connectivity index (χ0n) is 9.79. The van der Waals surface area contributed by atoms with Crippen LogP contribution in [0.5, 0.6) is 0 Å². The molecule has 0 saturated carbocycles. The van der Waals surface area contributed by atoms with Crippen LogP contribution in [0.15, 0.2) is 47.6 Å². The summed E-state index contributed by atoms with van der Waals surface area (Å²) >= 11 is 0. The van der Waals surface area contributed by atoms with Gasteiger partial charge < -0.3 is 5.73 Å². The van der Waals surface area contributed by atoms with Crippen LogP contribution in [0.1, 0.15) is 5.56 Å². The maximum atomic E-state index is 12.1. The molecule has 0 radical (unpaired) electrons. The van der Waals surface area contributed by atoms with Gasteiger partial charge in [-0.05, 0) is 30.7 Å². The summed E-state index contributed by atoms with van der Waals surface area (Å²) in [6.45, 7) is 1.82. The molecule has 0 aliphatic rings. The molecular weight excluding hydrogens is 250 g/mol. The molecule has 0 unspecified atom stereocenters. The number of aryl methyl sites for hydroxylation is 1. The molecule has 2 rings (SSSR count). The minimum absolute atomic E-state index is 0.124. The predicted molar refractivity (Wildman–Crippen MR) is 70.6 cm³/mol. The molecule has 0 spiro atoms. The Morgan fingerprint density at radius 2 is 1.89 bits per heavy atom. The van der Waals surface area contributed by atoms with Crippen molar-refractivity contribution >= 4 is 21.4 Å². The number of hydrogen-bond donors (Lipinski definition) is 2. The Labute approximate surface area is 106 Å². The molecule has 1 aromatic heterocycles. The molecule has 1 aromatic carbocycles. The second kappa shape index (κ2) is 4.66. The van der Waals surface area contributed by atoms with Gasteiger partial charge in [-0.2, -0.15) is 8.42 Å². The van der Waals surface area contributed by atoms with Crippen molar-refractivity contribution in [1.29, 1.82) is 0 Å². The van der Waals surface area contributed by atoms with Crippen LogP contribution in [0.4, 0.5) is 11.4 Å². The van der Waals surface area contributed by atoms with Crippen molar-refractivity contribution in [3.63, 3.8) is 0 Å². The summed E-state index contributed by atoms with van der Waals surface area (Å²) in [4.78, 5) is 3.80. The Hall–Kier alpha value is -2.08. The fourth-order valence-corrected chi connectivity index (χ4v) is 2.70. The number of aromatic nitrogens is 1. The number of nitrogens with zero attached hydrogens (tertiary/aromatic N) is 1. The number of nitrogens with two attached hydrogens (primary N) is 1. The molecule has 1 heterocycles. The van der Waals surface area contributed by atoms with Gasteiger partial charge in [0.1, 0.15) is 0 Å². The van der Waals surface area contributed by atoms with E-state index in [1.165, 1.54) is 12.3 Å². The van der Waals surface area contributed by atoms with E-state index < -0.39 is 10.0 Å². The lowest BCUT2D eigenvalue weighted by Crippen LogP contribution is -2.16. The first-order valence-corrected chi connectivity index (χ1v) is 6.78. The number of para-hydroxylation sites is 1. The predicted octanol–water partition coefficient (Wildman–Crippen LogP) is 1.77. The minimum atomic E-state index is -3.75. The maximum Gasteiger partial charge on any atom is 0.281 e. The normalized spacial score (nSPS) is 11.2. The molecule has 0 saturated heterocycles. The lowest BCUT2D eigenvalue weighted by molar-refractivity contribution is 0.598. The number of pyridine rings is 1. The van der Waals surface area contributed by atoms with Gasteiger partial charge >= 0.3 is 0 Å². The largest absolute Gasteiger partial charge is 0.396 e. The van der Waals surface area contributed by atoms with Crippen molar-refractivity contribution in [3.05, 3.63) is 48.2 Å². The van der Waals surface area contributed by atoms with Crippen molar-refractivity contribution in [3.8, 4) is 0 Å². The van der Waals surface area contributed by atoms with Gasteiger partial charge in [0, 0.05) is 6.20 Å². The third-order valence-corrected chi connectivity index (χ3v) is 3.78. The molecule has 0 bridgehead atoms. The number of sulfonamides is 1. The Balaban J connectivity index is 2.40. The molecule has 2 aromatic rings. The molecule has 0 aliphatic heterocycles. The summed E-state index contributed by atoms with van der Waals surface area (Å²) in [7, 11) is -3.75. The molecule has 0 aliphatic carbocycles. The Kier molecular flexibility index (Phi) is 3.20. The van der Waals surface area contributed by atoms with Gasteiger partial charge in [-0.1, -0.05) is 18.2 Å². The fraction of sp³-hybridized carbons (Fsp3) is 0.0833. The highest BCUT2D eigenvalue weighted by Crippen LogP contribution is 2.20. The molecule has 18 heavy (non-hydrogen) atoms. The van der Waals surface area contributed by atoms with E-state index in [0.717, 1.165) is 5.56 Å². The van der Waals surface area contributed by atoms with Crippen LogP contribution in [-0.2, 0) is 10.0 Å². The highest BCUT2D eigenvalue weighted by molar-refractivity contribution is 7.92. The van der Waals surface area contributed by atoms with Crippen molar-refractivity contribution in [2.24, 2.45) is 0 Å². The van der Waals surface area contributed by atoms with Gasteiger partial charge in [0.15, 0.2) is 5.03 Å². The third-order valence-electron chi connectivity index (χ3n) is 2.44. The monoisotopic (exact) mass is 263 g/mol. The highest BCUT2D eigenvalue weighted by atomic mass is 32.2. The lowest BCUT2D eigenvalue weighted by atomic mass is 10.2. The van der Waals surface area contributed by atoms with Crippen LogP contribution in [0, 0.1) is 6.92 Å². The molecule has 3 N–H and O–H groups in total. The van der Waals surface area contributed by atoms with Crippen molar-refractivity contribution in [1.82, 2.24) is 4.98 Å². The molecule has 0 atom stereocenters. The van der Waals surface area contributed by atoms with Gasteiger partial charge in [0.2, 0.25) is 0 Å². The number of rotatable bonds is 3. The molecule has 0 fully saturated rings. The lowest BCUT2D eigenvalue weighted by Gasteiger charge is -2.10. The smallest absolute Gasteiger partial charge is 0.281 e. The average Bonchev–Trinajstić information content (AvgIpc) is 2.32. The number of nitrogen functional groups attached to an aromatic ring is 1. The second-order valence-corrected chi connectivity index (χ2v) is 5.42. The average molecular weight is 263 g/mol. The summed E-state index contributed by atoms with van der Waals surface area (Å²) < 4.78 is 26.7. The van der Waals surface area contributed by atoms with E-state index in [-0.39, 0.29) is 10.7 Å². The van der Waals surface area contributed by atoms with E-state index in [1.54, 1.807) is 18.2 Å². The first kappa shape index (κ1) is 12.4. The van der Waals surface area contributed by atoms with E-state index in [9.17, 15) is 8.42 Å². The zero-order chi connectivity index (χ0) is 13.2. The number of benzene rings is 1. The van der Waals surface area contributed by atoms with E-state index in [4.69, 9.17) is 5.73 Å². The Bertz CT molecular complexity index is 669. The van der Waals surface area contributed by atoms with Gasteiger partial charge in [-0.3, -0.25) is 4.72 Å². The van der Waals surface area contributed by atoms with Crippen LogP contribution in [0.25, 0.3) is 0 Å². The van der Waals surface area contributed by atoms with Crippen molar-refractivity contribution in [2.75, 3.05) is 10.5 Å². The Morgan fingerprint density at radius 3 is 2.56 bits per heavy atom. The third kappa shape index (κ3) is 2.43. The molecular formula is C12H13N3O2S. The van der Waals surface area contributed by atoms with E-state index in [0.29, 0.717) is 5.69 Å². The fourth-order valence-electron chi connectivity index (χ4n) is 1.51. The van der Waals surface area contributed by atoms with Gasteiger partial charge in [0.05, 0.1) is 11.4 Å². The van der Waals surface area contributed by atoms with Crippen LogP contribution >= 0.6 is 0 Å². The SMILES string of the molecule is Cc1ccccc1NS(=O)(=O)c1ncccc1N. The second-order valence-electron chi connectivity index (χ2n) is 3.82. The van der Waals surface area contributed by atoms with Crippen LogP contribution in [0.3, 0.4) is 0 Å². The first-order chi connectivity index (χ1) is 8.50. The minimum Gasteiger partial charge on any atom is -0.396 e. The van der Waals surface area contributed by atoms with Crippen molar-refractivity contribution in [2.45, 2.75) is 11.9 Å². The molecule has 6 heteroatoms. The standard InChI is InChI=1S/C12H13N3O2S/c1-9-5-2-3-7-11(9)15-18(16,17)12-10(13)6-4-8-14-12/h2-8,15H,13H2,1H3.